The first-order valence-electron chi connectivity index (χ1n) is 7.72. The summed E-state index contributed by atoms with van der Waals surface area (Å²) in [6.45, 7) is 1.14. The Morgan fingerprint density at radius 2 is 2.17 bits per heavy atom. The maximum absolute atomic E-state index is 13.3. The lowest BCUT2D eigenvalue weighted by Gasteiger charge is -2.53. The lowest BCUT2D eigenvalue weighted by atomic mass is 9.83. The van der Waals surface area contributed by atoms with Gasteiger partial charge in [0.05, 0.1) is 19.2 Å². The van der Waals surface area contributed by atoms with Gasteiger partial charge < -0.3 is 25.8 Å². The number of nitrogens with two attached hydrogens (primary N) is 1. The minimum Gasteiger partial charge on any atom is -0.483 e. The zero-order valence-corrected chi connectivity index (χ0v) is 13.2. The Labute approximate surface area is 138 Å². The van der Waals surface area contributed by atoms with Gasteiger partial charge in [0.1, 0.15) is 28.8 Å². The van der Waals surface area contributed by atoms with Gasteiger partial charge in [-0.2, -0.15) is 9.97 Å². The molecule has 2 aliphatic heterocycles. The third-order valence-corrected chi connectivity index (χ3v) is 4.49. The second-order valence-electron chi connectivity index (χ2n) is 6.26. The van der Waals surface area contributed by atoms with Crippen molar-refractivity contribution in [3.63, 3.8) is 0 Å². The van der Waals surface area contributed by atoms with E-state index in [1.165, 1.54) is 12.1 Å². The monoisotopic (exact) mass is 331 g/mol. The summed E-state index contributed by atoms with van der Waals surface area (Å²) in [4.78, 5) is 10.3. The van der Waals surface area contributed by atoms with Crippen LogP contribution in [-0.2, 0) is 0 Å². The van der Waals surface area contributed by atoms with Gasteiger partial charge in [-0.25, -0.2) is 4.39 Å². The van der Waals surface area contributed by atoms with Crippen LogP contribution in [0.1, 0.15) is 18.1 Å². The summed E-state index contributed by atoms with van der Waals surface area (Å²) in [7, 11) is 1.76. The number of aliphatic hydroxyl groups is 1. The van der Waals surface area contributed by atoms with Gasteiger partial charge in [0, 0.05) is 25.1 Å². The molecule has 4 rings (SSSR count). The average Bonchev–Trinajstić information content (AvgIpc) is 2.52. The molecular weight excluding hydrogens is 313 g/mol. The Balaban J connectivity index is 1.55. The molecule has 8 heteroatoms. The molecule has 0 bridgehead atoms. The van der Waals surface area contributed by atoms with Crippen molar-refractivity contribution < 1.29 is 14.2 Å². The van der Waals surface area contributed by atoms with E-state index in [-0.39, 0.29) is 11.8 Å². The molecule has 2 aromatic rings. The van der Waals surface area contributed by atoms with E-state index >= 15 is 0 Å². The molecule has 0 saturated carbocycles. The number of nitrogens with zero attached hydrogens (tertiary/aromatic N) is 3. The zero-order chi connectivity index (χ0) is 16.9. The summed E-state index contributed by atoms with van der Waals surface area (Å²) in [6, 6.07) is 6.05. The average molecular weight is 331 g/mol. The lowest BCUT2D eigenvalue weighted by molar-refractivity contribution is -0.0334. The van der Waals surface area contributed by atoms with E-state index in [1.807, 2.05) is 11.0 Å². The number of fused-ring (bicyclic) bond motifs is 1. The zero-order valence-electron chi connectivity index (χ0n) is 13.2. The van der Waals surface area contributed by atoms with Crippen molar-refractivity contribution in [1.82, 2.24) is 9.97 Å². The smallest absolute Gasteiger partial charge is 0.223 e. The molecule has 1 spiro atoms. The highest BCUT2D eigenvalue weighted by molar-refractivity contribution is 5.55. The van der Waals surface area contributed by atoms with Crippen molar-refractivity contribution in [2.45, 2.75) is 18.1 Å². The van der Waals surface area contributed by atoms with E-state index in [1.54, 1.807) is 13.1 Å². The fourth-order valence-corrected chi connectivity index (χ4v) is 3.36. The van der Waals surface area contributed by atoms with Crippen LogP contribution in [0.3, 0.4) is 0 Å². The van der Waals surface area contributed by atoms with Crippen LogP contribution in [0.15, 0.2) is 24.3 Å². The number of hydrogen-bond donors (Lipinski definition) is 3. The summed E-state index contributed by atoms with van der Waals surface area (Å²) in [6.07, 6.45) is -0.325. The first-order valence-corrected chi connectivity index (χ1v) is 7.72. The molecule has 1 atom stereocenters. The molecule has 1 saturated heterocycles. The van der Waals surface area contributed by atoms with E-state index in [0.29, 0.717) is 42.5 Å². The number of nitrogen functional groups attached to an aromatic ring is 1. The minimum absolute atomic E-state index is 0.197. The Morgan fingerprint density at radius 1 is 1.38 bits per heavy atom. The Hall–Kier alpha value is -2.61. The molecule has 4 N–H and O–H groups in total. The van der Waals surface area contributed by atoms with Gasteiger partial charge in [-0.05, 0) is 18.2 Å². The summed E-state index contributed by atoms with van der Waals surface area (Å²) >= 11 is 0. The molecule has 3 heterocycles. The van der Waals surface area contributed by atoms with Gasteiger partial charge in [0.2, 0.25) is 5.95 Å². The number of aromatic nitrogens is 2. The molecule has 126 valence electrons. The van der Waals surface area contributed by atoms with E-state index in [0.717, 1.165) is 0 Å². The largest absolute Gasteiger partial charge is 0.483 e. The molecule has 1 aromatic carbocycles. The fraction of sp³-hybridized carbons (Fsp3) is 0.375. The third kappa shape index (κ3) is 2.39. The Bertz CT molecular complexity index is 794. The van der Waals surface area contributed by atoms with E-state index < -0.39 is 11.7 Å². The molecule has 7 nitrogen and oxygen atoms in total. The fourth-order valence-electron chi connectivity index (χ4n) is 3.36. The van der Waals surface area contributed by atoms with Crippen LogP contribution >= 0.6 is 0 Å². The van der Waals surface area contributed by atoms with Crippen molar-refractivity contribution in [3.05, 3.63) is 35.6 Å². The predicted molar refractivity (Wildman–Crippen MR) is 87.5 cm³/mol. The number of benzene rings is 1. The number of hydrogen-bond acceptors (Lipinski definition) is 7. The Morgan fingerprint density at radius 3 is 2.92 bits per heavy atom. The lowest BCUT2D eigenvalue weighted by Crippen LogP contribution is -2.67. The van der Waals surface area contributed by atoms with Crippen molar-refractivity contribution in [2.24, 2.45) is 0 Å². The van der Waals surface area contributed by atoms with E-state index in [4.69, 9.17) is 10.5 Å². The van der Waals surface area contributed by atoms with Crippen LogP contribution in [0.25, 0.3) is 0 Å². The van der Waals surface area contributed by atoms with Crippen molar-refractivity contribution >= 4 is 17.6 Å². The standard InChI is InChI=1S/C16H18FN5O2/c1-19-13-5-14(21-15(18)20-13)22-7-16(8-22)6-11(23)10-4-9(17)2-3-12(10)24-16/h2-5,11,23H,6-8H2,1H3,(H3,18,19,20,21). The molecule has 24 heavy (non-hydrogen) atoms. The maximum Gasteiger partial charge on any atom is 0.223 e. The van der Waals surface area contributed by atoms with Crippen LogP contribution in [-0.4, -0.2) is 40.8 Å². The number of rotatable bonds is 2. The maximum atomic E-state index is 13.3. The highest BCUT2D eigenvalue weighted by atomic mass is 19.1. The van der Waals surface area contributed by atoms with E-state index in [2.05, 4.69) is 15.3 Å². The second-order valence-corrected chi connectivity index (χ2v) is 6.26. The molecular formula is C16H18FN5O2. The summed E-state index contributed by atoms with van der Waals surface area (Å²) in [5, 5.41) is 13.3. The van der Waals surface area contributed by atoms with Crippen LogP contribution in [0.2, 0.25) is 0 Å². The summed E-state index contributed by atoms with van der Waals surface area (Å²) in [5.41, 5.74) is 5.73. The topological polar surface area (TPSA) is 96.5 Å². The van der Waals surface area contributed by atoms with Crippen LogP contribution < -0.4 is 20.7 Å². The SMILES string of the molecule is CNc1cc(N2CC3(CC(O)c4cc(F)ccc4O3)C2)nc(N)n1. The van der Waals surface area contributed by atoms with Crippen molar-refractivity contribution in [2.75, 3.05) is 36.1 Å². The molecule has 2 aliphatic rings. The number of aliphatic hydroxyl groups excluding tert-OH is 1. The quantitative estimate of drug-likeness (QED) is 0.763. The van der Waals surface area contributed by atoms with Gasteiger partial charge in [-0.15, -0.1) is 0 Å². The molecule has 1 fully saturated rings. The Kier molecular flexibility index (Phi) is 3.24. The number of halogens is 1. The number of nitrogens with one attached hydrogen (secondary N) is 1. The normalized spacial score (nSPS) is 21.0. The molecule has 0 radical (unpaired) electrons. The van der Waals surface area contributed by atoms with Crippen LogP contribution in [0, 0.1) is 5.82 Å². The van der Waals surface area contributed by atoms with Crippen LogP contribution in [0.4, 0.5) is 22.0 Å². The highest BCUT2D eigenvalue weighted by Gasteiger charge is 2.50. The first-order chi connectivity index (χ1) is 11.5. The summed E-state index contributed by atoms with van der Waals surface area (Å²) < 4.78 is 19.4. The van der Waals surface area contributed by atoms with Gasteiger partial charge in [-0.3, -0.25) is 0 Å². The predicted octanol–water partition coefficient (Wildman–Crippen LogP) is 1.31. The second kappa shape index (κ2) is 5.20. The van der Waals surface area contributed by atoms with Gasteiger partial charge >= 0.3 is 0 Å². The number of ether oxygens (including phenoxy) is 1. The first kappa shape index (κ1) is 14.9. The molecule has 0 aliphatic carbocycles. The minimum atomic E-state index is -0.741. The highest BCUT2D eigenvalue weighted by Crippen LogP contribution is 2.44. The third-order valence-electron chi connectivity index (χ3n) is 4.49. The van der Waals surface area contributed by atoms with Gasteiger partial charge in [0.25, 0.3) is 0 Å². The summed E-state index contributed by atoms with van der Waals surface area (Å²) in [5.74, 6) is 1.71. The van der Waals surface area contributed by atoms with Crippen LogP contribution in [0.5, 0.6) is 5.75 Å². The molecule has 1 unspecified atom stereocenters. The van der Waals surface area contributed by atoms with E-state index in [9.17, 15) is 9.50 Å². The van der Waals surface area contributed by atoms with Gasteiger partial charge in [0.15, 0.2) is 0 Å². The van der Waals surface area contributed by atoms with Gasteiger partial charge in [-0.1, -0.05) is 0 Å². The van der Waals surface area contributed by atoms with Crippen molar-refractivity contribution in [1.29, 1.82) is 0 Å². The number of anilines is 3. The van der Waals surface area contributed by atoms with Crippen molar-refractivity contribution in [3.8, 4) is 5.75 Å². The molecule has 1 aromatic heterocycles. The molecule has 0 amide bonds.